The highest BCUT2D eigenvalue weighted by Crippen LogP contribution is 2.39. The number of hydrogen-bond acceptors (Lipinski definition) is 3. The highest BCUT2D eigenvalue weighted by Gasteiger charge is 2.57. The van der Waals surface area contributed by atoms with Crippen molar-refractivity contribution >= 4 is 11.6 Å². The maximum absolute atomic E-state index is 14.4. The minimum Gasteiger partial charge on any atom is -0.311 e. The van der Waals surface area contributed by atoms with Gasteiger partial charge in [0.15, 0.2) is 0 Å². The molecule has 3 nitrogen and oxygen atoms in total. The average Bonchev–Trinajstić information content (AvgIpc) is 2.88. The highest BCUT2D eigenvalue weighted by atomic mass is 35.5. The van der Waals surface area contributed by atoms with E-state index in [9.17, 15) is 26.3 Å². The van der Waals surface area contributed by atoms with Crippen LogP contribution < -0.4 is 5.32 Å². The predicted molar refractivity (Wildman–Crippen MR) is 136 cm³/mol. The molecule has 1 aliphatic heterocycles. The molecule has 38 heavy (non-hydrogen) atoms. The number of rotatable bonds is 8. The van der Waals surface area contributed by atoms with Crippen molar-refractivity contribution in [2.75, 3.05) is 19.6 Å². The Morgan fingerprint density at radius 1 is 0.737 bits per heavy atom. The zero-order valence-electron chi connectivity index (χ0n) is 20.4. The average molecular weight is 556 g/mol. The molecule has 0 aromatic heterocycles. The fourth-order valence-corrected chi connectivity index (χ4v) is 5.01. The Balaban J connectivity index is 1.64. The van der Waals surface area contributed by atoms with E-state index in [1.165, 1.54) is 29.2 Å². The highest BCUT2D eigenvalue weighted by molar-refractivity contribution is 6.30. The van der Waals surface area contributed by atoms with E-state index in [0.717, 1.165) is 5.56 Å². The third kappa shape index (κ3) is 7.28. The molecule has 0 amide bonds. The van der Waals surface area contributed by atoms with Gasteiger partial charge in [0.2, 0.25) is 0 Å². The third-order valence-electron chi connectivity index (χ3n) is 6.78. The molecule has 1 N–H and O–H groups in total. The molecule has 3 atom stereocenters. The lowest BCUT2D eigenvalue weighted by Crippen LogP contribution is -2.67. The van der Waals surface area contributed by atoms with Crippen LogP contribution in [0.3, 0.4) is 0 Å². The van der Waals surface area contributed by atoms with Crippen LogP contribution in [0.25, 0.3) is 0 Å². The largest absolute Gasteiger partial charge is 0.405 e. The Labute approximate surface area is 223 Å². The molecule has 1 saturated heterocycles. The van der Waals surface area contributed by atoms with Crippen molar-refractivity contribution in [3.8, 4) is 0 Å². The minimum absolute atomic E-state index is 0.186. The van der Waals surface area contributed by atoms with Gasteiger partial charge in [0.05, 0.1) is 0 Å². The number of benzene rings is 3. The van der Waals surface area contributed by atoms with Crippen LogP contribution in [0.1, 0.15) is 22.7 Å². The summed E-state index contributed by atoms with van der Waals surface area (Å²) in [7, 11) is 0. The van der Waals surface area contributed by atoms with Crippen LogP contribution in [0, 0.1) is 0 Å². The number of nitrogens with zero attached hydrogens (tertiary/aromatic N) is 2. The van der Waals surface area contributed by atoms with Crippen molar-refractivity contribution in [2.24, 2.45) is 0 Å². The van der Waals surface area contributed by atoms with Crippen molar-refractivity contribution in [1.82, 2.24) is 15.1 Å². The van der Waals surface area contributed by atoms with Gasteiger partial charge in [-0.05, 0) is 28.8 Å². The summed E-state index contributed by atoms with van der Waals surface area (Å²) in [5.74, 6) is 0. The van der Waals surface area contributed by atoms with E-state index in [1.807, 2.05) is 30.3 Å². The molecule has 3 aromatic carbocycles. The lowest BCUT2D eigenvalue weighted by atomic mass is 9.97. The summed E-state index contributed by atoms with van der Waals surface area (Å²) in [6.07, 6.45) is -9.74. The summed E-state index contributed by atoms with van der Waals surface area (Å²) >= 11 is 5.86. The molecule has 204 valence electrons. The maximum Gasteiger partial charge on any atom is 0.405 e. The topological polar surface area (TPSA) is 18.5 Å². The van der Waals surface area contributed by atoms with Crippen LogP contribution in [0.15, 0.2) is 84.9 Å². The number of halogens is 7. The molecule has 10 heteroatoms. The predicted octanol–water partition coefficient (Wildman–Crippen LogP) is 6.85. The van der Waals surface area contributed by atoms with Crippen molar-refractivity contribution in [2.45, 2.75) is 43.6 Å². The zero-order chi connectivity index (χ0) is 27.3. The van der Waals surface area contributed by atoms with E-state index >= 15 is 0 Å². The van der Waals surface area contributed by atoms with E-state index < -0.39 is 50.1 Å². The van der Waals surface area contributed by atoms with Gasteiger partial charge >= 0.3 is 12.4 Å². The molecule has 0 saturated carbocycles. The molecule has 4 rings (SSSR count). The molecule has 1 heterocycles. The van der Waals surface area contributed by atoms with Crippen LogP contribution in [-0.2, 0) is 13.1 Å². The van der Waals surface area contributed by atoms with E-state index in [4.69, 9.17) is 11.6 Å². The smallest absolute Gasteiger partial charge is 0.311 e. The van der Waals surface area contributed by atoms with Crippen LogP contribution in [0.4, 0.5) is 26.3 Å². The molecule has 0 radical (unpaired) electrons. The second-order valence-electron chi connectivity index (χ2n) is 9.41. The summed E-state index contributed by atoms with van der Waals surface area (Å²) in [6.45, 7) is -1.05. The Morgan fingerprint density at radius 3 is 1.79 bits per heavy atom. The molecule has 3 unspecified atom stereocenters. The first-order valence-electron chi connectivity index (χ1n) is 12.2. The summed E-state index contributed by atoms with van der Waals surface area (Å²) in [4.78, 5) is 1.86. The van der Waals surface area contributed by atoms with Crippen LogP contribution in [-0.4, -0.2) is 53.9 Å². The molecular weight excluding hydrogens is 528 g/mol. The standard InChI is InChI=1S/C28H28ClF6N3/c29-23-13-11-21(12-14-23)17-38-25(27(30,31)32)18-37(19-26(38)28(33,34)35)24(22-9-5-2-6-10-22)16-36-15-20-7-3-1-4-8-20/h1-14,24-26,36H,15-19H2. The van der Waals surface area contributed by atoms with Gasteiger partial charge in [-0.25, -0.2) is 0 Å². The summed E-state index contributed by atoms with van der Waals surface area (Å²) < 4.78 is 86.2. The molecule has 1 aliphatic rings. The third-order valence-corrected chi connectivity index (χ3v) is 7.04. The summed E-state index contributed by atoms with van der Waals surface area (Å²) in [5.41, 5.74) is 1.95. The summed E-state index contributed by atoms with van der Waals surface area (Å²) in [6, 6.07) is 18.6. The fraction of sp³-hybridized carbons (Fsp3) is 0.357. The Bertz CT molecular complexity index is 1120. The lowest BCUT2D eigenvalue weighted by Gasteiger charge is -2.49. The molecule has 0 spiro atoms. The second kappa shape index (κ2) is 12.1. The van der Waals surface area contributed by atoms with Gasteiger partial charge in [-0.15, -0.1) is 0 Å². The number of piperazine rings is 1. The number of hydrogen-bond donors (Lipinski definition) is 1. The number of nitrogens with one attached hydrogen (secondary N) is 1. The quantitative estimate of drug-likeness (QED) is 0.307. The van der Waals surface area contributed by atoms with Crippen molar-refractivity contribution in [3.05, 3.63) is 107 Å². The summed E-state index contributed by atoms with van der Waals surface area (Å²) in [5, 5.41) is 3.58. The van der Waals surface area contributed by atoms with E-state index in [0.29, 0.717) is 27.6 Å². The number of alkyl halides is 6. The van der Waals surface area contributed by atoms with E-state index in [1.54, 1.807) is 30.3 Å². The van der Waals surface area contributed by atoms with Crippen molar-refractivity contribution in [1.29, 1.82) is 0 Å². The first-order chi connectivity index (χ1) is 18.0. The van der Waals surface area contributed by atoms with Gasteiger partial charge in [-0.2, -0.15) is 26.3 Å². The normalized spacial score (nSPS) is 20.4. The Hall–Kier alpha value is -2.59. The van der Waals surface area contributed by atoms with Gasteiger partial charge in [0.1, 0.15) is 12.1 Å². The molecule has 0 aliphatic carbocycles. The fourth-order valence-electron chi connectivity index (χ4n) is 4.89. The second-order valence-corrected chi connectivity index (χ2v) is 9.85. The first-order valence-corrected chi connectivity index (χ1v) is 12.6. The molecule has 1 fully saturated rings. The Kier molecular flexibility index (Phi) is 9.03. The minimum atomic E-state index is -4.87. The van der Waals surface area contributed by atoms with Gasteiger partial charge in [-0.1, -0.05) is 84.4 Å². The van der Waals surface area contributed by atoms with Gasteiger partial charge < -0.3 is 5.32 Å². The lowest BCUT2D eigenvalue weighted by molar-refractivity contribution is -0.258. The van der Waals surface area contributed by atoms with Gasteiger partial charge in [0.25, 0.3) is 0 Å². The van der Waals surface area contributed by atoms with E-state index in [2.05, 4.69) is 5.32 Å². The van der Waals surface area contributed by atoms with Gasteiger partial charge in [-0.3, -0.25) is 9.80 Å². The van der Waals surface area contributed by atoms with Crippen LogP contribution >= 0.6 is 11.6 Å². The molecular formula is C28H28ClF6N3. The van der Waals surface area contributed by atoms with Crippen molar-refractivity contribution < 1.29 is 26.3 Å². The van der Waals surface area contributed by atoms with Crippen LogP contribution in [0.5, 0.6) is 0 Å². The van der Waals surface area contributed by atoms with E-state index in [-0.39, 0.29) is 6.54 Å². The van der Waals surface area contributed by atoms with Crippen molar-refractivity contribution in [3.63, 3.8) is 0 Å². The molecule has 3 aromatic rings. The Morgan fingerprint density at radius 2 is 1.26 bits per heavy atom. The zero-order valence-corrected chi connectivity index (χ0v) is 21.1. The SMILES string of the molecule is FC(F)(F)C1CN(C(CNCc2ccccc2)c2ccccc2)CC(C(F)(F)F)N1Cc1ccc(Cl)cc1. The molecule has 0 bridgehead atoms. The maximum atomic E-state index is 14.4. The van der Waals surface area contributed by atoms with Crippen LogP contribution in [0.2, 0.25) is 5.02 Å². The van der Waals surface area contributed by atoms with Gasteiger partial charge in [0, 0.05) is 43.8 Å². The first kappa shape index (κ1) is 28.4. The monoisotopic (exact) mass is 555 g/mol.